The molecule has 0 aromatic heterocycles. The van der Waals surface area contributed by atoms with Gasteiger partial charge in [0, 0.05) is 11.3 Å². The van der Waals surface area contributed by atoms with Gasteiger partial charge in [-0.25, -0.2) is 0 Å². The van der Waals surface area contributed by atoms with E-state index in [2.05, 4.69) is 38.8 Å². The maximum atomic E-state index is 12.8. The summed E-state index contributed by atoms with van der Waals surface area (Å²) < 4.78 is 6.50. The van der Waals surface area contributed by atoms with Crippen molar-refractivity contribution in [2.75, 3.05) is 17.2 Å². The van der Waals surface area contributed by atoms with E-state index >= 15 is 0 Å². The summed E-state index contributed by atoms with van der Waals surface area (Å²) in [6, 6.07) is 21.3. The summed E-state index contributed by atoms with van der Waals surface area (Å²) in [5.74, 6) is 0.0312. The number of carbonyl (C=O) groups excluding carboxylic acids is 2. The van der Waals surface area contributed by atoms with E-state index in [1.165, 1.54) is 12.8 Å². The molecule has 0 aliphatic rings. The second-order valence-electron chi connectivity index (χ2n) is 7.83. The summed E-state index contributed by atoms with van der Waals surface area (Å²) in [6.07, 6.45) is 4.50. The van der Waals surface area contributed by atoms with Crippen LogP contribution in [0.5, 0.6) is 5.75 Å². The molecule has 0 bridgehead atoms. The van der Waals surface area contributed by atoms with Crippen LogP contribution in [0.25, 0.3) is 0 Å². The van der Waals surface area contributed by atoms with Gasteiger partial charge in [-0.05, 0) is 77.0 Å². The smallest absolute Gasteiger partial charge is 0.257 e. The first-order valence-corrected chi connectivity index (χ1v) is 12.7. The minimum absolute atomic E-state index is 0.0855. The SMILES string of the molecule is CCCCCCOc1ccc(C(=O)NC(=S)Nc2ccccc2C(=O)Nc2ccccc2)cc1Br. The molecule has 0 atom stereocenters. The van der Waals surface area contributed by atoms with Gasteiger partial charge < -0.3 is 15.4 Å². The summed E-state index contributed by atoms with van der Waals surface area (Å²) in [6.45, 7) is 2.80. The van der Waals surface area contributed by atoms with Crippen LogP contribution < -0.4 is 20.7 Å². The van der Waals surface area contributed by atoms with Crippen molar-refractivity contribution < 1.29 is 14.3 Å². The average Bonchev–Trinajstić information content (AvgIpc) is 2.85. The first-order chi connectivity index (χ1) is 17.0. The van der Waals surface area contributed by atoms with Crippen molar-refractivity contribution in [2.45, 2.75) is 32.6 Å². The van der Waals surface area contributed by atoms with Crippen molar-refractivity contribution in [2.24, 2.45) is 0 Å². The van der Waals surface area contributed by atoms with Crippen LogP contribution in [0.15, 0.2) is 77.3 Å². The van der Waals surface area contributed by atoms with Crippen LogP contribution in [0.4, 0.5) is 11.4 Å². The number of rotatable bonds is 10. The first kappa shape index (κ1) is 26.4. The van der Waals surface area contributed by atoms with Crippen LogP contribution in [0.2, 0.25) is 0 Å². The molecule has 0 aliphatic heterocycles. The van der Waals surface area contributed by atoms with E-state index in [9.17, 15) is 9.59 Å². The Kier molecular flexibility index (Phi) is 10.3. The largest absolute Gasteiger partial charge is 0.492 e. The third kappa shape index (κ3) is 8.19. The highest BCUT2D eigenvalue weighted by Gasteiger charge is 2.15. The van der Waals surface area contributed by atoms with E-state index in [-0.39, 0.29) is 16.9 Å². The van der Waals surface area contributed by atoms with Crippen LogP contribution in [-0.4, -0.2) is 23.5 Å². The fraction of sp³-hybridized carbons (Fsp3) is 0.222. The summed E-state index contributed by atoms with van der Waals surface area (Å²) in [7, 11) is 0. The number of unbranched alkanes of at least 4 members (excludes halogenated alkanes) is 3. The average molecular weight is 555 g/mol. The van der Waals surface area contributed by atoms with Gasteiger partial charge in [0.2, 0.25) is 0 Å². The lowest BCUT2D eigenvalue weighted by molar-refractivity contribution is 0.0976. The van der Waals surface area contributed by atoms with Gasteiger partial charge >= 0.3 is 0 Å². The molecule has 0 saturated carbocycles. The van der Waals surface area contributed by atoms with Crippen molar-refractivity contribution in [3.8, 4) is 5.75 Å². The molecule has 6 nitrogen and oxygen atoms in total. The zero-order valence-electron chi connectivity index (χ0n) is 19.5. The highest BCUT2D eigenvalue weighted by atomic mass is 79.9. The van der Waals surface area contributed by atoms with Gasteiger partial charge in [-0.2, -0.15) is 0 Å². The topological polar surface area (TPSA) is 79.5 Å². The predicted octanol–water partition coefficient (Wildman–Crippen LogP) is 6.79. The molecule has 3 rings (SSSR count). The van der Waals surface area contributed by atoms with Gasteiger partial charge in [0.25, 0.3) is 11.8 Å². The number of hydrogen-bond donors (Lipinski definition) is 3. The highest BCUT2D eigenvalue weighted by Crippen LogP contribution is 2.26. The molecule has 0 radical (unpaired) electrons. The third-order valence-corrected chi connectivity index (χ3v) is 5.95. The zero-order valence-corrected chi connectivity index (χ0v) is 21.9. The number of benzene rings is 3. The van der Waals surface area contributed by atoms with Crippen molar-refractivity contribution in [3.63, 3.8) is 0 Å². The Labute approximate surface area is 219 Å². The summed E-state index contributed by atoms with van der Waals surface area (Å²) in [5, 5.41) is 8.55. The fourth-order valence-corrected chi connectivity index (χ4v) is 4.00. The standard InChI is InChI=1S/C27H28BrN3O3S/c1-2-3-4-10-17-34-24-16-15-19(18-22(24)28)25(32)31-27(35)30-23-14-9-8-13-21(23)26(33)29-20-11-6-5-7-12-20/h5-9,11-16,18H,2-4,10,17H2,1H3,(H,29,33)(H2,30,31,32,35). The van der Waals surface area contributed by atoms with E-state index in [1.807, 2.05) is 18.2 Å². The van der Waals surface area contributed by atoms with E-state index < -0.39 is 0 Å². The molecule has 0 aliphatic carbocycles. The molecule has 3 N–H and O–H groups in total. The Morgan fingerprint density at radius 1 is 0.886 bits per heavy atom. The van der Waals surface area contributed by atoms with Crippen molar-refractivity contribution >= 4 is 56.4 Å². The Balaban J connectivity index is 1.58. The molecule has 2 amide bonds. The van der Waals surface area contributed by atoms with Crippen LogP contribution >= 0.6 is 28.1 Å². The molecular weight excluding hydrogens is 526 g/mol. The number of hydrogen-bond acceptors (Lipinski definition) is 4. The maximum absolute atomic E-state index is 12.8. The number of halogens is 1. The number of amides is 2. The molecule has 3 aromatic carbocycles. The van der Waals surface area contributed by atoms with Crippen molar-refractivity contribution in [1.29, 1.82) is 0 Å². The van der Waals surface area contributed by atoms with Crippen molar-refractivity contribution in [1.82, 2.24) is 5.32 Å². The normalized spacial score (nSPS) is 10.3. The molecular formula is C27H28BrN3O3S. The Morgan fingerprint density at radius 3 is 2.37 bits per heavy atom. The first-order valence-electron chi connectivity index (χ1n) is 11.5. The molecule has 0 saturated heterocycles. The van der Waals surface area contributed by atoms with Gasteiger partial charge in [0.15, 0.2) is 5.11 Å². The zero-order chi connectivity index (χ0) is 25.0. The minimum atomic E-state index is -0.371. The minimum Gasteiger partial charge on any atom is -0.492 e. The number of para-hydroxylation sites is 2. The van der Waals surface area contributed by atoms with Gasteiger partial charge in [0.1, 0.15) is 5.75 Å². The van der Waals surface area contributed by atoms with Crippen LogP contribution in [0.1, 0.15) is 53.3 Å². The summed E-state index contributed by atoms with van der Waals surface area (Å²) in [4.78, 5) is 25.5. The van der Waals surface area contributed by atoms with E-state index in [0.29, 0.717) is 39.3 Å². The molecule has 0 unspecified atom stereocenters. The summed E-state index contributed by atoms with van der Waals surface area (Å²) in [5.41, 5.74) is 1.99. The van der Waals surface area contributed by atoms with Gasteiger partial charge in [-0.3, -0.25) is 14.9 Å². The van der Waals surface area contributed by atoms with E-state index in [1.54, 1.807) is 54.6 Å². The molecule has 0 heterocycles. The molecule has 3 aromatic rings. The van der Waals surface area contributed by atoms with Crippen LogP contribution in [-0.2, 0) is 0 Å². The Hall–Kier alpha value is -3.23. The molecule has 8 heteroatoms. The second kappa shape index (κ2) is 13.6. The number of thiocarbonyl (C=S) groups is 1. The highest BCUT2D eigenvalue weighted by molar-refractivity contribution is 9.10. The molecule has 35 heavy (non-hydrogen) atoms. The molecule has 182 valence electrons. The lowest BCUT2D eigenvalue weighted by atomic mass is 10.1. The maximum Gasteiger partial charge on any atom is 0.257 e. The monoisotopic (exact) mass is 553 g/mol. The van der Waals surface area contributed by atoms with Gasteiger partial charge in [-0.1, -0.05) is 56.5 Å². The second-order valence-corrected chi connectivity index (χ2v) is 9.09. The lowest BCUT2D eigenvalue weighted by Crippen LogP contribution is -2.34. The van der Waals surface area contributed by atoms with E-state index in [4.69, 9.17) is 17.0 Å². The molecule has 0 spiro atoms. The quantitative estimate of drug-likeness (QED) is 0.190. The Bertz CT molecular complexity index is 1170. The number of ether oxygens (including phenoxy) is 1. The third-order valence-electron chi connectivity index (χ3n) is 5.13. The Morgan fingerprint density at radius 2 is 1.63 bits per heavy atom. The van der Waals surface area contributed by atoms with Crippen LogP contribution in [0, 0.1) is 0 Å². The van der Waals surface area contributed by atoms with Crippen LogP contribution in [0.3, 0.4) is 0 Å². The van der Waals surface area contributed by atoms with E-state index in [0.717, 1.165) is 12.8 Å². The number of carbonyl (C=O) groups is 2. The van der Waals surface area contributed by atoms with Gasteiger partial charge in [0.05, 0.1) is 22.3 Å². The molecule has 0 fully saturated rings. The number of anilines is 2. The van der Waals surface area contributed by atoms with Crippen molar-refractivity contribution in [3.05, 3.63) is 88.4 Å². The number of nitrogens with one attached hydrogen (secondary N) is 3. The van der Waals surface area contributed by atoms with Gasteiger partial charge in [-0.15, -0.1) is 0 Å². The predicted molar refractivity (Wildman–Crippen MR) is 148 cm³/mol. The summed E-state index contributed by atoms with van der Waals surface area (Å²) >= 11 is 8.80. The lowest BCUT2D eigenvalue weighted by Gasteiger charge is -2.14. The fourth-order valence-electron chi connectivity index (χ4n) is 3.31.